The van der Waals surface area contributed by atoms with Gasteiger partial charge in [0, 0.05) is 11.4 Å². The van der Waals surface area contributed by atoms with Crippen LogP contribution in [0.15, 0.2) is 27.6 Å². The molecular formula is C9H11BrN2O3S. The predicted molar refractivity (Wildman–Crippen MR) is 63.0 cm³/mol. The van der Waals surface area contributed by atoms with Crippen molar-refractivity contribution in [1.29, 1.82) is 0 Å². The standard InChI is InChI=1S/C9H11BrN2O3S/c1-6-5-8(3-4-9(6)10)16(14,15)12-11-7(2)13/h3-5,12H,1-2H3,(H,11,13). The van der Waals surface area contributed by atoms with Crippen LogP contribution in [0.5, 0.6) is 0 Å². The van der Waals surface area contributed by atoms with Crippen molar-refractivity contribution in [3.05, 3.63) is 28.2 Å². The lowest BCUT2D eigenvalue weighted by molar-refractivity contribution is -0.119. The van der Waals surface area contributed by atoms with Crippen molar-refractivity contribution in [2.24, 2.45) is 0 Å². The second kappa shape index (κ2) is 4.94. The summed E-state index contributed by atoms with van der Waals surface area (Å²) in [5.41, 5.74) is 2.83. The topological polar surface area (TPSA) is 75.3 Å². The third kappa shape index (κ3) is 3.29. The number of amides is 1. The molecule has 0 aliphatic rings. The van der Waals surface area contributed by atoms with E-state index in [9.17, 15) is 13.2 Å². The second-order valence-electron chi connectivity index (χ2n) is 3.20. The maximum absolute atomic E-state index is 11.7. The number of halogens is 1. The van der Waals surface area contributed by atoms with Crippen LogP contribution in [-0.4, -0.2) is 14.3 Å². The number of hydrogen-bond acceptors (Lipinski definition) is 3. The molecule has 16 heavy (non-hydrogen) atoms. The first-order chi connectivity index (χ1) is 7.33. The van der Waals surface area contributed by atoms with Crippen LogP contribution >= 0.6 is 15.9 Å². The minimum Gasteiger partial charge on any atom is -0.278 e. The molecule has 1 amide bonds. The molecule has 1 rings (SSSR count). The number of sulfonamides is 1. The molecule has 0 radical (unpaired) electrons. The van der Waals surface area contributed by atoms with Crippen LogP contribution in [-0.2, 0) is 14.8 Å². The molecule has 0 aliphatic heterocycles. The predicted octanol–water partition coefficient (Wildman–Crippen LogP) is 1.09. The summed E-state index contributed by atoms with van der Waals surface area (Å²) in [5.74, 6) is -0.475. The first-order valence-electron chi connectivity index (χ1n) is 4.37. The molecule has 5 nitrogen and oxygen atoms in total. The highest BCUT2D eigenvalue weighted by molar-refractivity contribution is 9.10. The number of aryl methyl sites for hydroxylation is 1. The molecule has 1 aromatic carbocycles. The van der Waals surface area contributed by atoms with Gasteiger partial charge in [0.25, 0.3) is 10.0 Å². The van der Waals surface area contributed by atoms with Gasteiger partial charge in [-0.2, -0.15) is 0 Å². The molecular weight excluding hydrogens is 296 g/mol. The number of hydrogen-bond donors (Lipinski definition) is 2. The molecule has 0 unspecified atom stereocenters. The summed E-state index contributed by atoms with van der Waals surface area (Å²) in [6.45, 7) is 3.00. The number of rotatable bonds is 3. The van der Waals surface area contributed by atoms with Gasteiger partial charge >= 0.3 is 0 Å². The minimum atomic E-state index is -3.70. The summed E-state index contributed by atoms with van der Waals surface area (Å²) in [5, 5.41) is 0. The van der Waals surface area contributed by atoms with E-state index in [4.69, 9.17) is 0 Å². The number of carbonyl (C=O) groups is 1. The third-order valence-electron chi connectivity index (χ3n) is 1.80. The Morgan fingerprint density at radius 1 is 1.38 bits per heavy atom. The van der Waals surface area contributed by atoms with Gasteiger partial charge in [-0.25, -0.2) is 8.42 Å². The Morgan fingerprint density at radius 2 is 2.00 bits per heavy atom. The molecule has 0 heterocycles. The minimum absolute atomic E-state index is 0.0990. The van der Waals surface area contributed by atoms with E-state index in [2.05, 4.69) is 15.9 Å². The fourth-order valence-corrected chi connectivity index (χ4v) is 2.20. The van der Waals surface area contributed by atoms with Crippen LogP contribution in [0.25, 0.3) is 0 Å². The summed E-state index contributed by atoms with van der Waals surface area (Å²) in [6, 6.07) is 4.59. The normalized spacial score (nSPS) is 11.2. The monoisotopic (exact) mass is 306 g/mol. The Hall–Kier alpha value is -0.920. The van der Waals surface area contributed by atoms with Crippen LogP contribution in [0.1, 0.15) is 12.5 Å². The smallest absolute Gasteiger partial charge is 0.257 e. The fourth-order valence-electron chi connectivity index (χ4n) is 0.982. The van der Waals surface area contributed by atoms with Crippen molar-refractivity contribution in [2.45, 2.75) is 18.7 Å². The van der Waals surface area contributed by atoms with Crippen molar-refractivity contribution in [3.8, 4) is 0 Å². The quantitative estimate of drug-likeness (QED) is 0.821. The summed E-state index contributed by atoms with van der Waals surface area (Å²) in [6.07, 6.45) is 0. The molecule has 0 fully saturated rings. The van der Waals surface area contributed by atoms with Crippen molar-refractivity contribution in [1.82, 2.24) is 10.3 Å². The molecule has 88 valence electrons. The SMILES string of the molecule is CC(=O)NNS(=O)(=O)c1ccc(Br)c(C)c1. The zero-order valence-electron chi connectivity index (χ0n) is 8.74. The van der Waals surface area contributed by atoms with E-state index >= 15 is 0 Å². The van der Waals surface area contributed by atoms with E-state index < -0.39 is 15.9 Å². The van der Waals surface area contributed by atoms with Crippen LogP contribution < -0.4 is 10.3 Å². The maximum atomic E-state index is 11.7. The van der Waals surface area contributed by atoms with E-state index in [0.29, 0.717) is 0 Å². The van der Waals surface area contributed by atoms with Crippen molar-refractivity contribution in [2.75, 3.05) is 0 Å². The highest BCUT2D eigenvalue weighted by atomic mass is 79.9. The van der Waals surface area contributed by atoms with Crippen molar-refractivity contribution in [3.63, 3.8) is 0 Å². The Morgan fingerprint density at radius 3 is 2.50 bits per heavy atom. The Kier molecular flexibility index (Phi) is 4.06. The molecule has 0 aliphatic carbocycles. The molecule has 7 heteroatoms. The van der Waals surface area contributed by atoms with E-state index in [1.165, 1.54) is 19.1 Å². The maximum Gasteiger partial charge on any atom is 0.257 e. The van der Waals surface area contributed by atoms with E-state index in [1.807, 2.05) is 10.3 Å². The Labute approximate surface area is 102 Å². The van der Waals surface area contributed by atoms with Gasteiger partial charge in [-0.15, -0.1) is 4.83 Å². The fraction of sp³-hybridized carbons (Fsp3) is 0.222. The van der Waals surface area contributed by atoms with E-state index in [1.54, 1.807) is 13.0 Å². The number of benzene rings is 1. The van der Waals surface area contributed by atoms with Crippen LogP contribution in [0, 0.1) is 6.92 Å². The van der Waals surface area contributed by atoms with E-state index in [0.717, 1.165) is 10.0 Å². The van der Waals surface area contributed by atoms with Gasteiger partial charge in [0.1, 0.15) is 0 Å². The largest absolute Gasteiger partial charge is 0.278 e. The lowest BCUT2D eigenvalue weighted by Gasteiger charge is -2.07. The summed E-state index contributed by atoms with van der Waals surface area (Å²) in [7, 11) is -3.70. The summed E-state index contributed by atoms with van der Waals surface area (Å²) < 4.78 is 24.1. The highest BCUT2D eigenvalue weighted by Crippen LogP contribution is 2.19. The second-order valence-corrected chi connectivity index (χ2v) is 5.73. The zero-order valence-corrected chi connectivity index (χ0v) is 11.1. The number of carbonyl (C=O) groups excluding carboxylic acids is 1. The van der Waals surface area contributed by atoms with E-state index in [-0.39, 0.29) is 4.90 Å². The summed E-state index contributed by atoms with van der Waals surface area (Å²) in [4.78, 5) is 12.7. The molecule has 0 bridgehead atoms. The number of hydrazine groups is 1. The number of nitrogens with one attached hydrogen (secondary N) is 2. The molecule has 2 N–H and O–H groups in total. The molecule has 0 saturated heterocycles. The average molecular weight is 307 g/mol. The van der Waals surface area contributed by atoms with Gasteiger partial charge in [-0.3, -0.25) is 10.2 Å². The highest BCUT2D eigenvalue weighted by Gasteiger charge is 2.14. The van der Waals surface area contributed by atoms with Crippen molar-refractivity contribution >= 4 is 31.9 Å². The Balaban J connectivity index is 2.99. The Bertz CT molecular complexity index is 513. The first kappa shape index (κ1) is 13.1. The van der Waals surface area contributed by atoms with Gasteiger partial charge in [0.15, 0.2) is 0 Å². The molecule has 0 aromatic heterocycles. The van der Waals surface area contributed by atoms with Gasteiger partial charge in [-0.05, 0) is 30.7 Å². The first-order valence-corrected chi connectivity index (χ1v) is 6.65. The lowest BCUT2D eigenvalue weighted by Crippen LogP contribution is -2.40. The van der Waals surface area contributed by atoms with Crippen LogP contribution in [0.2, 0.25) is 0 Å². The molecule has 0 spiro atoms. The van der Waals surface area contributed by atoms with Gasteiger partial charge < -0.3 is 0 Å². The average Bonchev–Trinajstić information content (AvgIpc) is 2.19. The van der Waals surface area contributed by atoms with Gasteiger partial charge in [0.2, 0.25) is 5.91 Å². The lowest BCUT2D eigenvalue weighted by atomic mass is 10.2. The van der Waals surface area contributed by atoms with Crippen LogP contribution in [0.4, 0.5) is 0 Å². The molecule has 1 aromatic rings. The molecule has 0 saturated carbocycles. The van der Waals surface area contributed by atoms with Crippen molar-refractivity contribution < 1.29 is 13.2 Å². The van der Waals surface area contributed by atoms with Gasteiger partial charge in [0.05, 0.1) is 4.90 Å². The van der Waals surface area contributed by atoms with Crippen LogP contribution in [0.3, 0.4) is 0 Å². The zero-order chi connectivity index (χ0) is 12.3. The van der Waals surface area contributed by atoms with Gasteiger partial charge in [-0.1, -0.05) is 15.9 Å². The third-order valence-corrected chi connectivity index (χ3v) is 3.94. The molecule has 0 atom stereocenters. The summed E-state index contributed by atoms with van der Waals surface area (Å²) >= 11 is 3.27.